The van der Waals surface area contributed by atoms with Gasteiger partial charge >= 0.3 is 0 Å². The molecular weight excluding hydrogens is 286 g/mol. The molecule has 0 fully saturated rings. The normalized spacial score (nSPS) is 15.5. The Morgan fingerprint density at radius 1 is 0.909 bits per heavy atom. The van der Waals surface area contributed by atoms with Gasteiger partial charge in [0, 0.05) is 11.9 Å². The number of anilines is 1. The lowest BCUT2D eigenvalue weighted by molar-refractivity contribution is 1.15. The monoisotopic (exact) mass is 303 g/mol. The third kappa shape index (κ3) is 2.40. The Balaban J connectivity index is 1.59. The summed E-state index contributed by atoms with van der Waals surface area (Å²) >= 11 is 1.85. The lowest BCUT2D eigenvalue weighted by Crippen LogP contribution is -2.09. The van der Waals surface area contributed by atoms with E-state index in [1.165, 1.54) is 31.9 Å². The third-order valence-corrected chi connectivity index (χ3v) is 5.31. The van der Waals surface area contributed by atoms with Gasteiger partial charge in [0.2, 0.25) is 0 Å². The van der Waals surface area contributed by atoms with E-state index < -0.39 is 0 Å². The predicted octanol–water partition coefficient (Wildman–Crippen LogP) is 5.47. The van der Waals surface area contributed by atoms with E-state index in [0.29, 0.717) is 0 Å². The maximum Gasteiger partial charge on any atom is 0.0761 e. The Hall–Kier alpha value is -2.19. The standard InChI is InChI=1S/C20H17NS/c1-21-18-8-4-5-9-19(18)22-20(21)13-11-15-10-12-16-6-2-3-7-17(16)14-15/h2-10,12-14H,11H2,1H3. The van der Waals surface area contributed by atoms with Gasteiger partial charge in [0.05, 0.1) is 10.7 Å². The van der Waals surface area contributed by atoms with Crippen molar-refractivity contribution in [1.29, 1.82) is 0 Å². The first-order valence-electron chi connectivity index (χ1n) is 7.50. The van der Waals surface area contributed by atoms with E-state index >= 15 is 0 Å². The number of hydrogen-bond acceptors (Lipinski definition) is 2. The molecule has 3 aromatic rings. The molecule has 0 aliphatic carbocycles. The van der Waals surface area contributed by atoms with Crippen molar-refractivity contribution in [1.82, 2.24) is 0 Å². The van der Waals surface area contributed by atoms with E-state index in [1.807, 2.05) is 11.8 Å². The highest BCUT2D eigenvalue weighted by Gasteiger charge is 2.20. The van der Waals surface area contributed by atoms with Crippen LogP contribution >= 0.6 is 11.8 Å². The zero-order chi connectivity index (χ0) is 14.9. The van der Waals surface area contributed by atoms with Gasteiger partial charge in [-0.3, -0.25) is 0 Å². The largest absolute Gasteiger partial charge is 0.338 e. The fourth-order valence-corrected chi connectivity index (χ4v) is 3.95. The van der Waals surface area contributed by atoms with Crippen LogP contribution in [0, 0.1) is 0 Å². The Labute approximate surface area is 135 Å². The maximum absolute atomic E-state index is 2.33. The second-order valence-electron chi connectivity index (χ2n) is 5.56. The van der Waals surface area contributed by atoms with Crippen molar-refractivity contribution in [3.8, 4) is 0 Å². The van der Waals surface area contributed by atoms with Gasteiger partial charge in [-0.1, -0.05) is 66.4 Å². The lowest BCUT2D eigenvalue weighted by atomic mass is 10.1. The molecular formula is C20H17NS. The van der Waals surface area contributed by atoms with Crippen molar-refractivity contribution in [2.75, 3.05) is 11.9 Å². The number of fused-ring (bicyclic) bond motifs is 2. The van der Waals surface area contributed by atoms with Crippen LogP contribution in [0.3, 0.4) is 0 Å². The molecule has 4 rings (SSSR count). The van der Waals surface area contributed by atoms with Crippen LogP contribution in [0.1, 0.15) is 5.56 Å². The summed E-state index contributed by atoms with van der Waals surface area (Å²) in [7, 11) is 2.14. The Bertz CT molecular complexity index is 866. The molecule has 1 aliphatic rings. The quantitative estimate of drug-likeness (QED) is 0.618. The van der Waals surface area contributed by atoms with Crippen LogP contribution in [0.5, 0.6) is 0 Å². The Kier molecular flexibility index (Phi) is 3.39. The number of benzene rings is 3. The SMILES string of the molecule is CN1C(=CCc2ccc3ccccc3c2)Sc2ccccc21. The second kappa shape index (κ2) is 5.54. The topological polar surface area (TPSA) is 3.24 Å². The first-order chi connectivity index (χ1) is 10.8. The minimum absolute atomic E-state index is 0.964. The summed E-state index contributed by atoms with van der Waals surface area (Å²) in [6.45, 7) is 0. The lowest BCUT2D eigenvalue weighted by Gasteiger charge is -2.13. The van der Waals surface area contributed by atoms with Crippen LogP contribution in [-0.2, 0) is 6.42 Å². The first kappa shape index (κ1) is 13.5. The van der Waals surface area contributed by atoms with E-state index in [1.54, 1.807) is 0 Å². The molecule has 2 heteroatoms. The van der Waals surface area contributed by atoms with Crippen molar-refractivity contribution in [2.24, 2.45) is 0 Å². The fourth-order valence-electron chi connectivity index (χ4n) is 2.87. The van der Waals surface area contributed by atoms with Gasteiger partial charge in [0.1, 0.15) is 0 Å². The molecule has 108 valence electrons. The highest BCUT2D eigenvalue weighted by Crippen LogP contribution is 2.44. The molecule has 1 heterocycles. The van der Waals surface area contributed by atoms with Crippen LogP contribution < -0.4 is 4.90 Å². The average molecular weight is 303 g/mol. The van der Waals surface area contributed by atoms with Gasteiger partial charge in [0.25, 0.3) is 0 Å². The average Bonchev–Trinajstić information content (AvgIpc) is 2.89. The number of para-hydroxylation sites is 1. The van der Waals surface area contributed by atoms with Gasteiger partial charge in [-0.05, 0) is 41.0 Å². The van der Waals surface area contributed by atoms with E-state index in [4.69, 9.17) is 0 Å². The van der Waals surface area contributed by atoms with Crippen molar-refractivity contribution in [2.45, 2.75) is 11.3 Å². The molecule has 1 nitrogen and oxygen atoms in total. The van der Waals surface area contributed by atoms with Crippen molar-refractivity contribution in [3.63, 3.8) is 0 Å². The second-order valence-corrected chi connectivity index (χ2v) is 6.62. The molecule has 3 aromatic carbocycles. The van der Waals surface area contributed by atoms with Gasteiger partial charge in [-0.2, -0.15) is 0 Å². The summed E-state index contributed by atoms with van der Waals surface area (Å²) in [5.74, 6) is 0. The van der Waals surface area contributed by atoms with E-state index in [2.05, 4.69) is 84.8 Å². The molecule has 0 saturated carbocycles. The van der Waals surface area contributed by atoms with Crippen LogP contribution in [0.15, 0.2) is 82.7 Å². The van der Waals surface area contributed by atoms with E-state index in [-0.39, 0.29) is 0 Å². The number of nitrogens with zero attached hydrogens (tertiary/aromatic N) is 1. The molecule has 0 aromatic heterocycles. The summed E-state index contributed by atoms with van der Waals surface area (Å²) in [4.78, 5) is 3.62. The summed E-state index contributed by atoms with van der Waals surface area (Å²) < 4.78 is 0. The van der Waals surface area contributed by atoms with Gasteiger partial charge < -0.3 is 4.90 Å². The number of rotatable bonds is 2. The van der Waals surface area contributed by atoms with E-state index in [9.17, 15) is 0 Å². The van der Waals surface area contributed by atoms with Crippen LogP contribution in [0.4, 0.5) is 5.69 Å². The minimum atomic E-state index is 0.964. The van der Waals surface area contributed by atoms with Crippen molar-refractivity contribution < 1.29 is 0 Å². The predicted molar refractivity (Wildman–Crippen MR) is 96.4 cm³/mol. The van der Waals surface area contributed by atoms with Crippen LogP contribution in [-0.4, -0.2) is 7.05 Å². The number of hydrogen-bond donors (Lipinski definition) is 0. The van der Waals surface area contributed by atoms with Crippen LogP contribution in [0.25, 0.3) is 10.8 Å². The van der Waals surface area contributed by atoms with Gasteiger partial charge in [-0.15, -0.1) is 0 Å². The molecule has 0 atom stereocenters. The zero-order valence-electron chi connectivity index (χ0n) is 12.5. The molecule has 0 N–H and O–H groups in total. The van der Waals surface area contributed by atoms with Crippen LogP contribution in [0.2, 0.25) is 0 Å². The van der Waals surface area contributed by atoms with Gasteiger partial charge in [0.15, 0.2) is 0 Å². The van der Waals surface area contributed by atoms with Crippen molar-refractivity contribution in [3.05, 3.63) is 83.4 Å². The summed E-state index contributed by atoms with van der Waals surface area (Å²) in [6.07, 6.45) is 3.29. The Morgan fingerprint density at radius 2 is 1.68 bits per heavy atom. The highest BCUT2D eigenvalue weighted by atomic mass is 32.2. The van der Waals surface area contributed by atoms with Crippen molar-refractivity contribution >= 4 is 28.2 Å². The maximum atomic E-state index is 2.33. The third-order valence-electron chi connectivity index (χ3n) is 4.10. The molecule has 0 saturated heterocycles. The summed E-state index contributed by atoms with van der Waals surface area (Å²) in [6, 6.07) is 23.8. The molecule has 0 spiro atoms. The minimum Gasteiger partial charge on any atom is -0.338 e. The molecule has 0 unspecified atom stereocenters. The summed E-state index contributed by atoms with van der Waals surface area (Å²) in [5.41, 5.74) is 2.66. The summed E-state index contributed by atoms with van der Waals surface area (Å²) in [5, 5.41) is 3.93. The zero-order valence-corrected chi connectivity index (χ0v) is 13.3. The number of thioether (sulfide) groups is 1. The van der Waals surface area contributed by atoms with Gasteiger partial charge in [-0.25, -0.2) is 0 Å². The smallest absolute Gasteiger partial charge is 0.0761 e. The highest BCUT2D eigenvalue weighted by molar-refractivity contribution is 8.03. The molecule has 1 aliphatic heterocycles. The molecule has 22 heavy (non-hydrogen) atoms. The molecule has 0 radical (unpaired) electrons. The molecule has 0 bridgehead atoms. The first-order valence-corrected chi connectivity index (χ1v) is 8.31. The Morgan fingerprint density at radius 3 is 2.55 bits per heavy atom. The number of allylic oxidation sites excluding steroid dienone is 1. The van der Waals surface area contributed by atoms with E-state index in [0.717, 1.165) is 6.42 Å². The fraction of sp³-hybridized carbons (Fsp3) is 0.100. The molecule has 0 amide bonds.